The standard InChI is InChI=1S/C16H22N2O3/c1-12(20)18-9-5-8-14(10-18)16(21)17-15(11-19)13-6-3-2-4-7-13/h2-4,6-7,14-15,19H,5,8-11H2,1H3,(H,17,21)/t14?,15-/m1/s1. The number of amides is 2. The summed E-state index contributed by atoms with van der Waals surface area (Å²) in [6, 6.07) is 9.01. The van der Waals surface area contributed by atoms with Crippen LogP contribution in [0.1, 0.15) is 31.4 Å². The van der Waals surface area contributed by atoms with Crippen molar-refractivity contribution in [1.82, 2.24) is 10.2 Å². The van der Waals surface area contributed by atoms with Gasteiger partial charge in [-0.15, -0.1) is 0 Å². The van der Waals surface area contributed by atoms with Crippen molar-refractivity contribution in [2.45, 2.75) is 25.8 Å². The summed E-state index contributed by atoms with van der Waals surface area (Å²) in [5, 5.41) is 12.4. The van der Waals surface area contributed by atoms with Crippen molar-refractivity contribution in [3.05, 3.63) is 35.9 Å². The number of piperidine rings is 1. The highest BCUT2D eigenvalue weighted by Gasteiger charge is 2.28. The van der Waals surface area contributed by atoms with E-state index in [9.17, 15) is 14.7 Å². The van der Waals surface area contributed by atoms with Crippen LogP contribution in [0.3, 0.4) is 0 Å². The molecule has 1 unspecified atom stereocenters. The van der Waals surface area contributed by atoms with Gasteiger partial charge in [0.05, 0.1) is 18.6 Å². The summed E-state index contributed by atoms with van der Waals surface area (Å²) in [4.78, 5) is 25.5. The highest BCUT2D eigenvalue weighted by molar-refractivity contribution is 5.81. The minimum Gasteiger partial charge on any atom is -0.394 e. The van der Waals surface area contributed by atoms with E-state index in [1.807, 2.05) is 30.3 Å². The minimum absolute atomic E-state index is 0.00858. The number of benzene rings is 1. The summed E-state index contributed by atoms with van der Waals surface area (Å²) in [5.74, 6) is -0.279. The highest BCUT2D eigenvalue weighted by Crippen LogP contribution is 2.19. The highest BCUT2D eigenvalue weighted by atomic mass is 16.3. The second-order valence-corrected chi connectivity index (χ2v) is 5.46. The van der Waals surface area contributed by atoms with Crippen LogP contribution < -0.4 is 5.32 Å². The predicted molar refractivity (Wildman–Crippen MR) is 79.4 cm³/mol. The van der Waals surface area contributed by atoms with Crippen LogP contribution in [0.4, 0.5) is 0 Å². The van der Waals surface area contributed by atoms with Gasteiger partial charge in [-0.3, -0.25) is 9.59 Å². The number of aliphatic hydroxyl groups is 1. The Balaban J connectivity index is 1.98. The Labute approximate surface area is 125 Å². The molecule has 1 aromatic rings. The van der Waals surface area contributed by atoms with Crippen molar-refractivity contribution < 1.29 is 14.7 Å². The Kier molecular flexibility index (Phi) is 5.33. The Bertz CT molecular complexity index is 490. The zero-order valence-electron chi connectivity index (χ0n) is 12.3. The van der Waals surface area contributed by atoms with E-state index in [-0.39, 0.29) is 24.3 Å². The van der Waals surface area contributed by atoms with Crippen molar-refractivity contribution in [3.8, 4) is 0 Å². The number of nitrogens with zero attached hydrogens (tertiary/aromatic N) is 1. The van der Waals surface area contributed by atoms with Gasteiger partial charge in [0.25, 0.3) is 0 Å². The third-order valence-electron chi connectivity index (χ3n) is 3.94. The molecule has 5 heteroatoms. The Morgan fingerprint density at radius 1 is 1.38 bits per heavy atom. The third kappa shape index (κ3) is 4.04. The molecular weight excluding hydrogens is 268 g/mol. The lowest BCUT2D eigenvalue weighted by Gasteiger charge is -2.32. The van der Waals surface area contributed by atoms with Crippen LogP contribution in [0.15, 0.2) is 30.3 Å². The van der Waals surface area contributed by atoms with E-state index in [0.717, 1.165) is 24.9 Å². The molecular formula is C16H22N2O3. The molecule has 0 spiro atoms. The average molecular weight is 290 g/mol. The van der Waals surface area contributed by atoms with Gasteiger partial charge >= 0.3 is 0 Å². The molecule has 2 atom stereocenters. The second kappa shape index (κ2) is 7.22. The van der Waals surface area contributed by atoms with Crippen molar-refractivity contribution >= 4 is 11.8 Å². The SMILES string of the molecule is CC(=O)N1CCCC(C(=O)N[C@H](CO)c2ccccc2)C1. The number of rotatable bonds is 4. The maximum atomic E-state index is 12.3. The number of likely N-dealkylation sites (tertiary alicyclic amines) is 1. The van der Waals surface area contributed by atoms with Crippen LogP contribution in [0.2, 0.25) is 0 Å². The molecule has 1 fully saturated rings. The van der Waals surface area contributed by atoms with Crippen molar-refractivity contribution in [3.63, 3.8) is 0 Å². The quantitative estimate of drug-likeness (QED) is 0.872. The number of carbonyl (C=O) groups is 2. The van der Waals surface area contributed by atoms with E-state index >= 15 is 0 Å². The van der Waals surface area contributed by atoms with Gasteiger partial charge in [-0.25, -0.2) is 0 Å². The molecule has 2 N–H and O–H groups in total. The van der Waals surface area contributed by atoms with E-state index in [4.69, 9.17) is 0 Å². The summed E-state index contributed by atoms with van der Waals surface area (Å²) in [7, 11) is 0. The fourth-order valence-electron chi connectivity index (χ4n) is 2.69. The second-order valence-electron chi connectivity index (χ2n) is 5.46. The molecule has 1 heterocycles. The van der Waals surface area contributed by atoms with Crippen molar-refractivity contribution in [2.75, 3.05) is 19.7 Å². The first kappa shape index (κ1) is 15.5. The summed E-state index contributed by atoms with van der Waals surface area (Å²) < 4.78 is 0. The van der Waals surface area contributed by atoms with Gasteiger partial charge in [-0.05, 0) is 18.4 Å². The molecule has 21 heavy (non-hydrogen) atoms. The summed E-state index contributed by atoms with van der Waals surface area (Å²) in [6.45, 7) is 2.58. The van der Waals surface area contributed by atoms with E-state index in [0.29, 0.717) is 6.54 Å². The summed E-state index contributed by atoms with van der Waals surface area (Å²) in [6.07, 6.45) is 1.62. The third-order valence-corrected chi connectivity index (χ3v) is 3.94. The molecule has 0 aliphatic carbocycles. The zero-order chi connectivity index (χ0) is 15.2. The van der Waals surface area contributed by atoms with Gasteiger partial charge in [0.15, 0.2) is 0 Å². The van der Waals surface area contributed by atoms with Gasteiger partial charge in [-0.2, -0.15) is 0 Å². The smallest absolute Gasteiger partial charge is 0.225 e. The van der Waals surface area contributed by atoms with E-state index in [1.54, 1.807) is 4.90 Å². The number of hydrogen-bond acceptors (Lipinski definition) is 3. The molecule has 5 nitrogen and oxygen atoms in total. The van der Waals surface area contributed by atoms with Crippen molar-refractivity contribution in [1.29, 1.82) is 0 Å². The molecule has 1 saturated heterocycles. The van der Waals surface area contributed by atoms with Crippen LogP contribution in [-0.4, -0.2) is 41.5 Å². The van der Waals surface area contributed by atoms with Gasteiger partial charge in [0, 0.05) is 20.0 Å². The molecule has 0 aromatic heterocycles. The molecule has 1 aliphatic rings. The van der Waals surface area contributed by atoms with Gasteiger partial charge in [0.1, 0.15) is 0 Å². The Morgan fingerprint density at radius 2 is 2.10 bits per heavy atom. The van der Waals surface area contributed by atoms with E-state index in [1.165, 1.54) is 6.92 Å². The zero-order valence-corrected chi connectivity index (χ0v) is 12.3. The maximum Gasteiger partial charge on any atom is 0.225 e. The monoisotopic (exact) mass is 290 g/mol. The van der Waals surface area contributed by atoms with Crippen molar-refractivity contribution in [2.24, 2.45) is 5.92 Å². The van der Waals surface area contributed by atoms with Gasteiger partial charge in [0.2, 0.25) is 11.8 Å². The van der Waals surface area contributed by atoms with Gasteiger partial charge in [-0.1, -0.05) is 30.3 Å². The summed E-state index contributed by atoms with van der Waals surface area (Å²) >= 11 is 0. The molecule has 0 bridgehead atoms. The van der Waals surface area contributed by atoms with E-state index < -0.39 is 6.04 Å². The van der Waals surface area contributed by atoms with E-state index in [2.05, 4.69) is 5.32 Å². The lowest BCUT2D eigenvalue weighted by Crippen LogP contribution is -2.45. The first-order chi connectivity index (χ1) is 10.1. The lowest BCUT2D eigenvalue weighted by molar-refractivity contribution is -0.134. The fraction of sp³-hybridized carbons (Fsp3) is 0.500. The van der Waals surface area contributed by atoms with Crippen LogP contribution >= 0.6 is 0 Å². The predicted octanol–water partition coefficient (Wildman–Crippen LogP) is 1.09. The molecule has 1 aromatic carbocycles. The molecule has 0 saturated carbocycles. The van der Waals surface area contributed by atoms with Crippen LogP contribution in [0.5, 0.6) is 0 Å². The van der Waals surface area contributed by atoms with Gasteiger partial charge < -0.3 is 15.3 Å². The summed E-state index contributed by atoms with van der Waals surface area (Å²) in [5.41, 5.74) is 0.882. The topological polar surface area (TPSA) is 69.6 Å². The number of carbonyl (C=O) groups excluding carboxylic acids is 2. The normalized spacial score (nSPS) is 19.9. The average Bonchev–Trinajstić information content (AvgIpc) is 2.53. The largest absolute Gasteiger partial charge is 0.394 e. The molecule has 114 valence electrons. The van der Waals surface area contributed by atoms with Crippen LogP contribution in [0, 0.1) is 5.92 Å². The number of hydrogen-bond donors (Lipinski definition) is 2. The minimum atomic E-state index is -0.397. The van der Waals surface area contributed by atoms with Crippen LogP contribution in [0.25, 0.3) is 0 Å². The fourth-order valence-corrected chi connectivity index (χ4v) is 2.69. The number of aliphatic hydroxyl groups excluding tert-OH is 1. The molecule has 2 rings (SSSR count). The number of nitrogens with one attached hydrogen (secondary N) is 1. The van der Waals surface area contributed by atoms with Crippen LogP contribution in [-0.2, 0) is 9.59 Å². The molecule has 0 radical (unpaired) electrons. The Morgan fingerprint density at radius 3 is 2.71 bits per heavy atom. The maximum absolute atomic E-state index is 12.3. The molecule has 1 aliphatic heterocycles. The Hall–Kier alpha value is -1.88. The first-order valence-corrected chi connectivity index (χ1v) is 7.33. The first-order valence-electron chi connectivity index (χ1n) is 7.33. The molecule has 2 amide bonds. The lowest BCUT2D eigenvalue weighted by atomic mass is 9.96.